The predicted octanol–water partition coefficient (Wildman–Crippen LogP) is 2.68. The van der Waals surface area contributed by atoms with Gasteiger partial charge >= 0.3 is 5.97 Å². The molecule has 0 saturated carbocycles. The van der Waals surface area contributed by atoms with Crippen LogP contribution < -0.4 is 10.7 Å². The number of likely N-dealkylation sites (N-methyl/N-ethyl adjacent to an activating group) is 1. The van der Waals surface area contributed by atoms with E-state index in [1.807, 2.05) is 56.6 Å². The summed E-state index contributed by atoms with van der Waals surface area (Å²) < 4.78 is 7.64. The Balaban J connectivity index is 1.35. The van der Waals surface area contributed by atoms with E-state index in [1.165, 1.54) is 14.8 Å². The van der Waals surface area contributed by atoms with E-state index in [9.17, 15) is 29.1 Å². The Kier molecular flexibility index (Phi) is 11.5. The molecule has 55 heavy (non-hydrogen) atoms. The van der Waals surface area contributed by atoms with Crippen LogP contribution in [0.5, 0.6) is 5.75 Å². The van der Waals surface area contributed by atoms with E-state index in [4.69, 9.17) is 27.9 Å². The number of hydrogen-bond donors (Lipinski definition) is 3. The fourth-order valence-electron chi connectivity index (χ4n) is 7.63. The van der Waals surface area contributed by atoms with Crippen LogP contribution >= 0.6 is 11.6 Å². The van der Waals surface area contributed by atoms with Crippen LogP contribution in [-0.4, -0.2) is 117 Å². The summed E-state index contributed by atoms with van der Waals surface area (Å²) in [5, 5.41) is 20.7. The Morgan fingerprint density at radius 3 is 2.60 bits per heavy atom. The van der Waals surface area contributed by atoms with E-state index < -0.39 is 47.2 Å². The highest BCUT2D eigenvalue weighted by molar-refractivity contribution is 6.27. The third-order valence-electron chi connectivity index (χ3n) is 10.5. The number of ether oxygens (including phenoxy) is 1. The Hall–Kier alpha value is -5.13. The summed E-state index contributed by atoms with van der Waals surface area (Å²) in [5.41, 5.74) is 5.71. The first kappa shape index (κ1) is 39.6. The molecule has 6 rings (SSSR count). The van der Waals surface area contributed by atoms with Crippen LogP contribution in [0.15, 0.2) is 36.4 Å². The van der Waals surface area contributed by atoms with E-state index in [0.29, 0.717) is 36.2 Å². The van der Waals surface area contributed by atoms with Gasteiger partial charge in [0.2, 0.25) is 17.7 Å². The van der Waals surface area contributed by atoms with Gasteiger partial charge in [0.25, 0.3) is 5.91 Å². The minimum atomic E-state index is -1.16. The third-order valence-corrected chi connectivity index (χ3v) is 10.8. The number of cyclic esters (lactones) is 1. The zero-order valence-electron chi connectivity index (χ0n) is 31.8. The number of phenolic OH excluding ortho intramolecular Hbond substituents is 1. The zero-order valence-corrected chi connectivity index (χ0v) is 32.6. The molecule has 3 N–H and O–H groups in total. The number of alkyl halides is 1. The molecular formula is C40H48ClN7O7. The van der Waals surface area contributed by atoms with Crippen molar-refractivity contribution in [1.29, 1.82) is 0 Å². The van der Waals surface area contributed by atoms with Gasteiger partial charge in [-0.05, 0) is 65.6 Å². The van der Waals surface area contributed by atoms with Gasteiger partial charge in [-0.2, -0.15) is 5.10 Å². The first-order valence-corrected chi connectivity index (χ1v) is 19.1. The van der Waals surface area contributed by atoms with Crippen molar-refractivity contribution in [3.63, 3.8) is 0 Å². The van der Waals surface area contributed by atoms with E-state index in [2.05, 4.69) is 16.7 Å². The van der Waals surface area contributed by atoms with Crippen molar-refractivity contribution in [3.8, 4) is 29.2 Å². The molecule has 2 fully saturated rings. The highest BCUT2D eigenvalue weighted by atomic mass is 35.5. The maximum Gasteiger partial charge on any atom is 0.324 e. The van der Waals surface area contributed by atoms with Crippen molar-refractivity contribution in [2.75, 3.05) is 39.2 Å². The van der Waals surface area contributed by atoms with Crippen LogP contribution in [0.3, 0.4) is 0 Å². The van der Waals surface area contributed by atoms with E-state index >= 15 is 0 Å². The summed E-state index contributed by atoms with van der Waals surface area (Å²) in [6.45, 7) is 8.71. The average Bonchev–Trinajstić information content (AvgIpc) is 3.47. The number of terminal acetylenes is 1. The molecule has 15 heteroatoms. The summed E-state index contributed by atoms with van der Waals surface area (Å²) in [5.74, 6) is -0.475. The monoisotopic (exact) mass is 773 g/mol. The molecule has 3 aliphatic rings. The molecule has 0 aliphatic carbocycles. The number of likely N-dealkylation sites (tertiary alicyclic amines) is 1. The lowest BCUT2D eigenvalue weighted by Gasteiger charge is -2.42. The molecule has 3 aliphatic heterocycles. The van der Waals surface area contributed by atoms with Gasteiger partial charge in [-0.25, -0.2) is 5.43 Å². The Morgan fingerprint density at radius 1 is 1.16 bits per heavy atom. The number of hydrazine groups is 1. The quantitative estimate of drug-likeness (QED) is 0.194. The van der Waals surface area contributed by atoms with Crippen LogP contribution in [0.4, 0.5) is 0 Å². The zero-order chi connectivity index (χ0) is 39.8. The first-order valence-electron chi connectivity index (χ1n) is 18.5. The maximum atomic E-state index is 14.4. The van der Waals surface area contributed by atoms with Gasteiger partial charge in [0.1, 0.15) is 35.4 Å². The SMILES string of the molecule is C#Cc1nn2c3cc(ccc13)-c1cc(O)cc(c1)C[C@H](NC(=O)[C@H](C(C)C)N(C)C(=O)C1CN(C(=O)CCl)C1)C(=O)N1CCC[C@H](N1)C(=O)OCC(C)(C)C2. The lowest BCUT2D eigenvalue weighted by molar-refractivity contribution is -0.155. The molecule has 0 radical (unpaired) electrons. The lowest BCUT2D eigenvalue weighted by atomic mass is 9.94. The number of aromatic hydroxyl groups is 1. The fraction of sp³-hybridized carbons (Fsp3) is 0.500. The minimum absolute atomic E-state index is 0.0184. The van der Waals surface area contributed by atoms with Gasteiger partial charge in [-0.15, -0.1) is 18.0 Å². The number of rotatable bonds is 6. The number of benzene rings is 2. The van der Waals surface area contributed by atoms with Crippen LogP contribution in [0.25, 0.3) is 22.0 Å². The van der Waals surface area contributed by atoms with Gasteiger partial charge in [0.05, 0.1) is 24.6 Å². The van der Waals surface area contributed by atoms with Gasteiger partial charge in [-0.1, -0.05) is 39.8 Å². The molecule has 4 amide bonds. The molecule has 3 atom stereocenters. The first-order chi connectivity index (χ1) is 26.1. The number of nitrogens with one attached hydrogen (secondary N) is 2. The molecule has 4 heterocycles. The summed E-state index contributed by atoms with van der Waals surface area (Å²) in [6.07, 6.45) is 6.76. The standard InChI is InChI=1S/C40H48ClN7O7/c1-7-30-29-11-10-25-17-33(29)48(43-30)21-40(4,5)22-55-39(54)31-9-8-12-47(44-31)38(53)32(15-24-13-26(25)16-28(49)14-24)42-36(51)35(23(2)3)45(6)37(52)27-19-46(20-27)34(50)18-41/h1,10-11,13-14,16-17,23,27,31-32,35,44,49H,8-9,12,15,18-22H2,2-6H3,(H,42,51)/t31-,32-,35-/m0/s1. The van der Waals surface area contributed by atoms with Crippen molar-refractivity contribution in [3.05, 3.63) is 47.7 Å². The number of esters is 1. The molecule has 1 aromatic heterocycles. The number of carbonyl (C=O) groups is 5. The maximum absolute atomic E-state index is 14.4. The van der Waals surface area contributed by atoms with Crippen LogP contribution in [0, 0.1) is 29.6 Å². The number of nitrogens with zero attached hydrogens (tertiary/aromatic N) is 5. The summed E-state index contributed by atoms with van der Waals surface area (Å²) in [7, 11) is 1.55. The predicted molar refractivity (Wildman–Crippen MR) is 205 cm³/mol. The second-order valence-electron chi connectivity index (χ2n) is 15.9. The number of phenols is 1. The highest BCUT2D eigenvalue weighted by Crippen LogP contribution is 2.32. The second kappa shape index (κ2) is 15.9. The van der Waals surface area contributed by atoms with E-state index in [-0.39, 0.29) is 62.0 Å². The third kappa shape index (κ3) is 8.43. The Labute approximate surface area is 325 Å². The molecular weight excluding hydrogens is 726 g/mol. The average molecular weight is 774 g/mol. The van der Waals surface area contributed by atoms with Crippen molar-refractivity contribution < 1.29 is 33.8 Å². The van der Waals surface area contributed by atoms with Crippen LogP contribution in [0.1, 0.15) is 51.8 Å². The number of aromatic nitrogens is 2. The summed E-state index contributed by atoms with van der Waals surface area (Å²) >= 11 is 5.68. The molecule has 292 valence electrons. The molecule has 0 spiro atoms. The molecule has 2 saturated heterocycles. The second-order valence-corrected chi connectivity index (χ2v) is 16.2. The fourth-order valence-corrected chi connectivity index (χ4v) is 7.80. The number of amides is 4. The molecule has 2 aromatic carbocycles. The van der Waals surface area contributed by atoms with Gasteiger partial charge in [0, 0.05) is 43.9 Å². The van der Waals surface area contributed by atoms with Crippen molar-refractivity contribution in [1.82, 2.24) is 35.3 Å². The van der Waals surface area contributed by atoms with Gasteiger partial charge in [-0.3, -0.25) is 33.7 Å². The lowest BCUT2D eigenvalue weighted by Crippen LogP contribution is -2.63. The van der Waals surface area contributed by atoms with Gasteiger partial charge < -0.3 is 25.0 Å². The Morgan fingerprint density at radius 2 is 1.91 bits per heavy atom. The number of fused-ring (bicyclic) bond motifs is 6. The number of carbonyl (C=O) groups excluding carboxylic acids is 5. The van der Waals surface area contributed by atoms with Crippen LogP contribution in [0.2, 0.25) is 0 Å². The Bertz CT molecular complexity index is 2050. The van der Waals surface area contributed by atoms with Crippen molar-refractivity contribution in [2.45, 2.75) is 71.6 Å². The topological polar surface area (TPSA) is 166 Å². The van der Waals surface area contributed by atoms with E-state index in [1.54, 1.807) is 19.2 Å². The summed E-state index contributed by atoms with van der Waals surface area (Å²) in [6, 6.07) is 7.80. The highest BCUT2D eigenvalue weighted by Gasteiger charge is 2.42. The van der Waals surface area contributed by atoms with Gasteiger partial charge in [0.15, 0.2) is 0 Å². The number of halogens is 1. The smallest absolute Gasteiger partial charge is 0.324 e. The largest absolute Gasteiger partial charge is 0.508 e. The molecule has 0 unspecified atom stereocenters. The summed E-state index contributed by atoms with van der Waals surface area (Å²) in [4.78, 5) is 70.4. The van der Waals surface area contributed by atoms with Crippen molar-refractivity contribution in [2.24, 2.45) is 17.3 Å². The molecule has 3 aromatic rings. The van der Waals surface area contributed by atoms with E-state index in [0.717, 1.165) is 16.5 Å². The van der Waals surface area contributed by atoms with Crippen molar-refractivity contribution >= 4 is 52.1 Å². The van der Waals surface area contributed by atoms with Crippen LogP contribution in [-0.2, 0) is 41.7 Å². The molecule has 6 bridgehead atoms. The normalized spacial score (nSPS) is 20.9. The molecule has 14 nitrogen and oxygen atoms in total. The number of hydrogen-bond acceptors (Lipinski definition) is 9. The minimum Gasteiger partial charge on any atom is -0.508 e.